The summed E-state index contributed by atoms with van der Waals surface area (Å²) in [5.41, 5.74) is 1.72. The zero-order valence-corrected chi connectivity index (χ0v) is 9.05. The van der Waals surface area contributed by atoms with Gasteiger partial charge < -0.3 is 5.11 Å². The molecule has 1 rings (SSSR count). The highest BCUT2D eigenvalue weighted by atomic mass is 16.3. The number of hydrogen-bond donors (Lipinski definition) is 1. The predicted octanol–water partition coefficient (Wildman–Crippen LogP) is 3.21. The third-order valence-corrected chi connectivity index (χ3v) is 2.19. The molecule has 0 bridgehead atoms. The molecule has 16 heavy (non-hydrogen) atoms. The molecule has 1 N–H and O–H groups in total. The molecule has 0 aliphatic rings. The molecular weight excluding hydrogens is 204 g/mol. The van der Waals surface area contributed by atoms with Gasteiger partial charge in [-0.25, -0.2) is 0 Å². The lowest BCUT2D eigenvalue weighted by atomic mass is 10.0. The zero-order valence-electron chi connectivity index (χ0n) is 9.05. The molecule has 0 saturated heterocycles. The number of ketones is 1. The van der Waals surface area contributed by atoms with Crippen molar-refractivity contribution in [1.29, 1.82) is 5.39 Å². The topological polar surface area (TPSA) is 65.4 Å². The number of carbonyl (C=O) groups excluding carboxylic acids is 1. The van der Waals surface area contributed by atoms with Crippen LogP contribution in [0.2, 0.25) is 0 Å². The molecule has 0 spiro atoms. The molecule has 0 aromatic heterocycles. The molecule has 0 aliphatic carbocycles. The standard InChI is InChI=1S/C12H12N2O2/c1-9-2-4-10(5-3-9)12(16)7-6-11(15)8-14-13/h2-5,8H,6-7H2,1H3/p+1/b11-8-. The van der Waals surface area contributed by atoms with Crippen molar-refractivity contribution < 1.29 is 9.90 Å². The molecule has 4 heteroatoms. The van der Waals surface area contributed by atoms with E-state index >= 15 is 0 Å². The third-order valence-electron chi connectivity index (χ3n) is 2.19. The summed E-state index contributed by atoms with van der Waals surface area (Å²) >= 11 is 0. The van der Waals surface area contributed by atoms with Gasteiger partial charge in [0.1, 0.15) is 0 Å². The molecule has 0 radical (unpaired) electrons. The van der Waals surface area contributed by atoms with Gasteiger partial charge in [-0.3, -0.25) is 4.79 Å². The highest BCUT2D eigenvalue weighted by Gasteiger charge is 2.08. The van der Waals surface area contributed by atoms with Gasteiger partial charge in [0.25, 0.3) is 0 Å². The minimum absolute atomic E-state index is 0.0436. The average Bonchev–Trinajstić information content (AvgIpc) is 2.27. The van der Waals surface area contributed by atoms with Crippen molar-refractivity contribution in [3.05, 3.63) is 52.3 Å². The minimum atomic E-state index is -0.108. The first-order valence-electron chi connectivity index (χ1n) is 4.95. The van der Waals surface area contributed by atoms with Gasteiger partial charge in [-0.1, -0.05) is 29.8 Å². The molecule has 4 nitrogen and oxygen atoms in total. The minimum Gasteiger partial charge on any atom is -0.505 e. The molecular formula is C12H13N2O2+. The average molecular weight is 217 g/mol. The molecule has 1 aromatic rings. The monoisotopic (exact) mass is 217 g/mol. The smallest absolute Gasteiger partial charge is 0.387 e. The summed E-state index contributed by atoms with van der Waals surface area (Å²) in [6.45, 7) is 1.95. The van der Waals surface area contributed by atoms with Crippen LogP contribution in [0.5, 0.6) is 0 Å². The SMILES string of the molecule is Cc1ccc(C(=O)CC/C(O)=C/[N+]#N)cc1. The molecule has 82 valence electrons. The maximum Gasteiger partial charge on any atom is 0.387 e. The second kappa shape index (κ2) is 5.66. The number of aliphatic hydroxyl groups excluding tert-OH is 1. The molecule has 0 amide bonds. The van der Waals surface area contributed by atoms with Gasteiger partial charge in [-0.15, -0.1) is 0 Å². The number of aliphatic hydroxyl groups is 1. The van der Waals surface area contributed by atoms with Gasteiger partial charge in [-0.2, -0.15) is 0 Å². The second-order valence-corrected chi connectivity index (χ2v) is 3.53. The van der Waals surface area contributed by atoms with E-state index in [-0.39, 0.29) is 24.4 Å². The van der Waals surface area contributed by atoms with E-state index in [1.54, 1.807) is 12.1 Å². The number of allylic oxidation sites excluding steroid dienone is 1. The van der Waals surface area contributed by atoms with Crippen LogP contribution in [-0.2, 0) is 0 Å². The van der Waals surface area contributed by atoms with Gasteiger partial charge in [0.2, 0.25) is 5.39 Å². The Labute approximate surface area is 93.8 Å². The van der Waals surface area contributed by atoms with Crippen molar-refractivity contribution in [2.45, 2.75) is 19.8 Å². The lowest BCUT2D eigenvalue weighted by Crippen LogP contribution is -1.99. The van der Waals surface area contributed by atoms with Crippen LogP contribution in [0.1, 0.15) is 28.8 Å². The first kappa shape index (κ1) is 11.9. The van der Waals surface area contributed by atoms with E-state index in [4.69, 9.17) is 10.5 Å². The molecule has 0 aliphatic heterocycles. The highest BCUT2D eigenvalue weighted by molar-refractivity contribution is 5.96. The first-order chi connectivity index (χ1) is 7.63. The molecule has 0 saturated carbocycles. The van der Waals surface area contributed by atoms with Crippen LogP contribution < -0.4 is 0 Å². The Hall–Kier alpha value is -2.15. The number of benzene rings is 1. The van der Waals surface area contributed by atoms with Crippen molar-refractivity contribution in [1.82, 2.24) is 0 Å². The van der Waals surface area contributed by atoms with Crippen LogP contribution in [0.4, 0.5) is 0 Å². The van der Waals surface area contributed by atoms with E-state index in [0.717, 1.165) is 11.8 Å². The normalized spacial score (nSPS) is 10.9. The van der Waals surface area contributed by atoms with Crippen LogP contribution in [0, 0.1) is 12.3 Å². The van der Waals surface area contributed by atoms with Crippen LogP contribution in [-0.4, -0.2) is 10.9 Å². The number of Topliss-reactive ketones (excluding diaryl/α,β-unsaturated/α-hetero) is 1. The number of nitrogens with zero attached hydrogens (tertiary/aromatic N) is 2. The molecule has 0 heterocycles. The maximum absolute atomic E-state index is 11.6. The van der Waals surface area contributed by atoms with Crippen molar-refractivity contribution in [2.24, 2.45) is 0 Å². The van der Waals surface area contributed by atoms with Gasteiger partial charge in [0.05, 0.1) is 0 Å². The molecule has 0 unspecified atom stereocenters. The summed E-state index contributed by atoms with van der Waals surface area (Å²) < 4.78 is 0. The van der Waals surface area contributed by atoms with E-state index in [1.807, 2.05) is 19.1 Å². The van der Waals surface area contributed by atoms with Crippen LogP contribution >= 0.6 is 0 Å². The van der Waals surface area contributed by atoms with Crippen LogP contribution in [0.15, 0.2) is 36.2 Å². The van der Waals surface area contributed by atoms with Gasteiger partial charge in [0.15, 0.2) is 16.5 Å². The maximum atomic E-state index is 11.6. The Balaban J connectivity index is 2.57. The third kappa shape index (κ3) is 3.54. The Morgan fingerprint density at radius 1 is 1.38 bits per heavy atom. The zero-order chi connectivity index (χ0) is 12.0. The fourth-order valence-corrected chi connectivity index (χ4v) is 1.26. The van der Waals surface area contributed by atoms with Gasteiger partial charge in [0, 0.05) is 18.4 Å². The number of aryl methyl sites for hydroxylation is 1. The number of carbonyl (C=O) groups is 1. The number of hydrogen-bond acceptors (Lipinski definition) is 3. The van der Waals surface area contributed by atoms with Gasteiger partial charge >= 0.3 is 6.20 Å². The lowest BCUT2D eigenvalue weighted by molar-refractivity contribution is 0.0978. The van der Waals surface area contributed by atoms with E-state index in [2.05, 4.69) is 4.98 Å². The van der Waals surface area contributed by atoms with Crippen molar-refractivity contribution in [3.63, 3.8) is 0 Å². The van der Waals surface area contributed by atoms with E-state index in [0.29, 0.717) is 5.56 Å². The lowest BCUT2D eigenvalue weighted by Gasteiger charge is -2.00. The number of rotatable bonds is 4. The van der Waals surface area contributed by atoms with Gasteiger partial charge in [-0.05, 0) is 6.92 Å². The van der Waals surface area contributed by atoms with Crippen molar-refractivity contribution in [3.8, 4) is 0 Å². The Kier molecular flexibility index (Phi) is 4.22. The van der Waals surface area contributed by atoms with Crippen molar-refractivity contribution in [2.75, 3.05) is 0 Å². The Morgan fingerprint density at radius 2 is 2.00 bits per heavy atom. The first-order valence-corrected chi connectivity index (χ1v) is 4.95. The summed E-state index contributed by atoms with van der Waals surface area (Å²) in [5, 5.41) is 17.3. The van der Waals surface area contributed by atoms with E-state index < -0.39 is 0 Å². The molecule has 0 atom stereocenters. The summed E-state index contributed by atoms with van der Waals surface area (Å²) in [5.74, 6) is -0.152. The summed E-state index contributed by atoms with van der Waals surface area (Å²) in [6, 6.07) is 7.25. The predicted molar refractivity (Wildman–Crippen MR) is 60.5 cm³/mol. The second-order valence-electron chi connectivity index (χ2n) is 3.53. The summed E-state index contributed by atoms with van der Waals surface area (Å²) in [6.07, 6.45) is 1.29. The summed E-state index contributed by atoms with van der Waals surface area (Å²) in [4.78, 5) is 14.3. The Bertz CT molecular complexity index is 441. The largest absolute Gasteiger partial charge is 0.505 e. The fourth-order valence-electron chi connectivity index (χ4n) is 1.26. The summed E-state index contributed by atoms with van der Waals surface area (Å²) in [7, 11) is 0. The molecule has 1 aromatic carbocycles. The van der Waals surface area contributed by atoms with Crippen LogP contribution in [0.3, 0.4) is 0 Å². The Morgan fingerprint density at radius 3 is 2.56 bits per heavy atom. The number of diazo groups is 1. The van der Waals surface area contributed by atoms with E-state index in [1.165, 1.54) is 0 Å². The van der Waals surface area contributed by atoms with Crippen molar-refractivity contribution >= 4 is 5.78 Å². The van der Waals surface area contributed by atoms with Crippen LogP contribution in [0.25, 0.3) is 4.98 Å². The highest BCUT2D eigenvalue weighted by Crippen LogP contribution is 2.10. The molecule has 0 fully saturated rings. The fraction of sp³-hybridized carbons (Fsp3) is 0.250. The van der Waals surface area contributed by atoms with E-state index in [9.17, 15) is 4.79 Å². The quantitative estimate of drug-likeness (QED) is 0.478.